The maximum absolute atomic E-state index is 10.2. The number of hydrogen-bond donors (Lipinski definition) is 2. The van der Waals surface area contributed by atoms with Crippen molar-refractivity contribution in [3.8, 4) is 5.75 Å². The highest BCUT2D eigenvalue weighted by atomic mass is 16.5. The first-order valence-corrected chi connectivity index (χ1v) is 9.64. The fourth-order valence-electron chi connectivity index (χ4n) is 2.61. The summed E-state index contributed by atoms with van der Waals surface area (Å²) in [5.74, 6) is 1.41. The van der Waals surface area contributed by atoms with Crippen molar-refractivity contribution in [3.05, 3.63) is 78.1 Å². The van der Waals surface area contributed by atoms with E-state index in [4.69, 9.17) is 14.2 Å². The van der Waals surface area contributed by atoms with Crippen molar-refractivity contribution in [3.63, 3.8) is 0 Å². The van der Waals surface area contributed by atoms with Crippen molar-refractivity contribution in [1.29, 1.82) is 0 Å². The number of aliphatic hydroxyl groups excluding tert-OH is 1. The van der Waals surface area contributed by atoms with E-state index in [1.165, 1.54) is 5.56 Å². The maximum Gasteiger partial charge on any atom is 0.124 e. The molecule has 0 saturated carbocycles. The summed E-state index contributed by atoms with van der Waals surface area (Å²) in [6, 6.07) is 18.0. The van der Waals surface area contributed by atoms with Gasteiger partial charge in [0.1, 0.15) is 25.1 Å². The van der Waals surface area contributed by atoms with Crippen molar-refractivity contribution in [2.75, 3.05) is 32.9 Å². The van der Waals surface area contributed by atoms with E-state index in [1.807, 2.05) is 49.4 Å². The fraction of sp³-hybridized carbons (Fsp3) is 0.391. The van der Waals surface area contributed by atoms with Gasteiger partial charge in [-0.15, -0.1) is 0 Å². The molecule has 1 unspecified atom stereocenters. The Morgan fingerprint density at radius 1 is 1.07 bits per heavy atom. The van der Waals surface area contributed by atoms with Crippen LogP contribution >= 0.6 is 0 Å². The normalized spacial score (nSPS) is 11.8. The molecule has 0 aromatic heterocycles. The summed E-state index contributed by atoms with van der Waals surface area (Å²) < 4.78 is 16.7. The van der Waals surface area contributed by atoms with Gasteiger partial charge in [0.05, 0.1) is 19.0 Å². The summed E-state index contributed by atoms with van der Waals surface area (Å²) in [7, 11) is 0. The van der Waals surface area contributed by atoms with Crippen LogP contribution in [0.4, 0.5) is 0 Å². The van der Waals surface area contributed by atoms with Gasteiger partial charge in [0.15, 0.2) is 0 Å². The van der Waals surface area contributed by atoms with Gasteiger partial charge in [0.25, 0.3) is 0 Å². The second-order valence-corrected chi connectivity index (χ2v) is 6.62. The van der Waals surface area contributed by atoms with Crippen molar-refractivity contribution in [1.82, 2.24) is 5.32 Å². The summed E-state index contributed by atoms with van der Waals surface area (Å²) in [5.41, 5.74) is 2.23. The minimum Gasteiger partial charge on any atom is -0.496 e. The molecule has 152 valence electrons. The molecule has 2 aromatic carbocycles. The molecule has 0 aliphatic carbocycles. The van der Waals surface area contributed by atoms with E-state index in [9.17, 15) is 5.11 Å². The number of allylic oxidation sites excluding steroid dienone is 1. The molecule has 0 saturated heterocycles. The molecule has 2 N–H and O–H groups in total. The highest BCUT2D eigenvalue weighted by Gasteiger charge is 2.08. The molecule has 2 aromatic rings. The Hall–Kier alpha value is -2.34. The van der Waals surface area contributed by atoms with Crippen LogP contribution in [0.25, 0.3) is 0 Å². The second-order valence-electron chi connectivity index (χ2n) is 6.62. The van der Waals surface area contributed by atoms with Crippen LogP contribution < -0.4 is 10.1 Å². The van der Waals surface area contributed by atoms with Crippen LogP contribution in [0.15, 0.2) is 66.9 Å². The highest BCUT2D eigenvalue weighted by molar-refractivity contribution is 5.32. The highest BCUT2D eigenvalue weighted by Crippen LogP contribution is 2.19. The molecule has 0 amide bonds. The molecule has 0 aliphatic heterocycles. The van der Waals surface area contributed by atoms with Gasteiger partial charge >= 0.3 is 0 Å². The average Bonchev–Trinajstić information content (AvgIpc) is 2.71. The molecule has 5 heteroatoms. The largest absolute Gasteiger partial charge is 0.496 e. The molecule has 0 fully saturated rings. The number of rotatable bonds is 14. The number of para-hydroxylation sites is 1. The SMILES string of the molecule is C=C(C)OCCOCc1ccccc1OCC(O)CNCCc1ccccc1. The zero-order valence-electron chi connectivity index (χ0n) is 16.6. The van der Waals surface area contributed by atoms with Gasteiger partial charge in [-0.25, -0.2) is 0 Å². The van der Waals surface area contributed by atoms with Crippen LogP contribution in [-0.4, -0.2) is 44.1 Å². The first-order chi connectivity index (χ1) is 13.6. The lowest BCUT2D eigenvalue weighted by Gasteiger charge is -2.16. The Balaban J connectivity index is 1.64. The van der Waals surface area contributed by atoms with Gasteiger partial charge in [-0.05, 0) is 31.5 Å². The number of aliphatic hydroxyl groups is 1. The van der Waals surface area contributed by atoms with E-state index in [-0.39, 0.29) is 6.61 Å². The van der Waals surface area contributed by atoms with Gasteiger partial charge in [0, 0.05) is 12.1 Å². The van der Waals surface area contributed by atoms with Crippen LogP contribution in [0.1, 0.15) is 18.1 Å². The van der Waals surface area contributed by atoms with Crippen LogP contribution in [0.3, 0.4) is 0 Å². The number of benzene rings is 2. The third-order valence-corrected chi connectivity index (χ3v) is 4.05. The van der Waals surface area contributed by atoms with Gasteiger partial charge in [-0.2, -0.15) is 0 Å². The first kappa shape index (κ1) is 22.0. The molecule has 2 rings (SSSR count). The lowest BCUT2D eigenvalue weighted by atomic mass is 10.1. The average molecular weight is 386 g/mol. The Morgan fingerprint density at radius 3 is 2.61 bits per heavy atom. The van der Waals surface area contributed by atoms with E-state index in [0.717, 1.165) is 24.3 Å². The van der Waals surface area contributed by atoms with Gasteiger partial charge in [-0.3, -0.25) is 0 Å². The Bertz CT molecular complexity index is 690. The van der Waals surface area contributed by atoms with Gasteiger partial charge in [-0.1, -0.05) is 55.1 Å². The molecule has 0 radical (unpaired) electrons. The Kier molecular flexibility index (Phi) is 10.1. The summed E-state index contributed by atoms with van der Waals surface area (Å²) in [6.07, 6.45) is 0.359. The van der Waals surface area contributed by atoms with Crippen LogP contribution in [0.5, 0.6) is 5.75 Å². The van der Waals surface area contributed by atoms with E-state index >= 15 is 0 Å². The number of nitrogens with one attached hydrogen (secondary N) is 1. The zero-order valence-corrected chi connectivity index (χ0v) is 16.6. The maximum atomic E-state index is 10.2. The summed E-state index contributed by atoms with van der Waals surface area (Å²) >= 11 is 0. The molecule has 1 atom stereocenters. The Morgan fingerprint density at radius 2 is 1.82 bits per heavy atom. The number of hydrogen-bond acceptors (Lipinski definition) is 5. The first-order valence-electron chi connectivity index (χ1n) is 9.64. The van der Waals surface area contributed by atoms with E-state index in [1.54, 1.807) is 0 Å². The van der Waals surface area contributed by atoms with Crippen LogP contribution in [-0.2, 0) is 22.5 Å². The summed E-state index contributed by atoms with van der Waals surface area (Å²) in [4.78, 5) is 0. The molecule has 28 heavy (non-hydrogen) atoms. The lowest BCUT2D eigenvalue weighted by Crippen LogP contribution is -2.32. The lowest BCUT2D eigenvalue weighted by molar-refractivity contribution is 0.0641. The fourth-order valence-corrected chi connectivity index (χ4v) is 2.61. The quantitative estimate of drug-likeness (QED) is 0.386. The molecular formula is C23H31NO4. The summed E-state index contributed by atoms with van der Waals surface area (Å²) in [5, 5.41) is 13.4. The van der Waals surface area contributed by atoms with Crippen LogP contribution in [0.2, 0.25) is 0 Å². The van der Waals surface area contributed by atoms with E-state index in [2.05, 4.69) is 24.0 Å². The van der Waals surface area contributed by atoms with Crippen molar-refractivity contribution in [2.45, 2.75) is 26.1 Å². The number of ether oxygens (including phenoxy) is 3. The molecule has 0 spiro atoms. The van der Waals surface area contributed by atoms with Crippen molar-refractivity contribution < 1.29 is 19.3 Å². The van der Waals surface area contributed by atoms with E-state index < -0.39 is 6.10 Å². The zero-order chi connectivity index (χ0) is 20.0. The third kappa shape index (κ3) is 9.04. The molecular weight excluding hydrogens is 354 g/mol. The second kappa shape index (κ2) is 12.9. The topological polar surface area (TPSA) is 60.0 Å². The molecule has 0 aliphatic rings. The molecule has 0 bridgehead atoms. The predicted octanol–water partition coefficient (Wildman–Crippen LogP) is 3.33. The van der Waals surface area contributed by atoms with Gasteiger partial charge in [0.2, 0.25) is 0 Å². The molecule has 5 nitrogen and oxygen atoms in total. The van der Waals surface area contributed by atoms with Crippen LogP contribution in [0, 0.1) is 0 Å². The van der Waals surface area contributed by atoms with Crippen molar-refractivity contribution in [2.24, 2.45) is 0 Å². The standard InChI is InChI=1S/C23H31NO4/c1-19(2)27-15-14-26-17-21-10-6-7-11-23(21)28-18-22(25)16-24-13-12-20-8-4-3-5-9-20/h3-11,22,24-25H,1,12-18H2,2H3. The minimum absolute atomic E-state index is 0.230. The smallest absolute Gasteiger partial charge is 0.124 e. The Labute approximate surface area is 167 Å². The molecule has 0 heterocycles. The third-order valence-electron chi connectivity index (χ3n) is 4.05. The van der Waals surface area contributed by atoms with Crippen molar-refractivity contribution >= 4 is 0 Å². The van der Waals surface area contributed by atoms with Gasteiger partial charge < -0.3 is 24.6 Å². The minimum atomic E-state index is -0.575. The van der Waals surface area contributed by atoms with E-state index in [0.29, 0.717) is 32.1 Å². The summed E-state index contributed by atoms with van der Waals surface area (Å²) in [6.45, 7) is 8.42. The monoisotopic (exact) mass is 385 g/mol. The predicted molar refractivity (Wildman–Crippen MR) is 111 cm³/mol.